The molecular weight excluding hydrogens is 247 g/mol. The molecule has 0 aromatic heterocycles. The van der Waals surface area contributed by atoms with E-state index in [1.807, 2.05) is 0 Å². The van der Waals surface area contributed by atoms with Crippen molar-refractivity contribution in [2.45, 2.75) is 99.9 Å². The van der Waals surface area contributed by atoms with Crippen LogP contribution < -0.4 is 0 Å². The molecule has 110 valence electrons. The van der Waals surface area contributed by atoms with Gasteiger partial charge in [-0.2, -0.15) is 0 Å². The number of rotatable bonds is 14. The molecule has 0 rings (SSSR count). The van der Waals surface area contributed by atoms with E-state index in [-0.39, 0.29) is 0 Å². The summed E-state index contributed by atoms with van der Waals surface area (Å²) in [6, 6.07) is 0. The van der Waals surface area contributed by atoms with Gasteiger partial charge < -0.3 is 0 Å². The zero-order valence-corrected chi connectivity index (χ0v) is 15.3. The Morgan fingerprint density at radius 2 is 0.947 bits per heavy atom. The fraction of sp³-hybridized carbons (Fsp3) is 1.00. The van der Waals surface area contributed by atoms with E-state index in [0.29, 0.717) is 34.4 Å². The molecule has 0 unspecified atom stereocenters. The molecule has 0 amide bonds. The molecule has 2 N–H and O–H groups in total. The maximum absolute atomic E-state index is 9.21. The van der Waals surface area contributed by atoms with Gasteiger partial charge in [-0.05, 0) is 0 Å². The molecule has 2 nitrogen and oxygen atoms in total. The van der Waals surface area contributed by atoms with Gasteiger partial charge in [0, 0.05) is 0 Å². The van der Waals surface area contributed by atoms with Crippen LogP contribution in [0.3, 0.4) is 0 Å². The predicted molar refractivity (Wildman–Crippen MR) is 83.2 cm³/mol. The van der Waals surface area contributed by atoms with Crippen LogP contribution >= 0.6 is 0 Å². The van der Waals surface area contributed by atoms with Gasteiger partial charge in [-0.1, -0.05) is 26.2 Å². The molecule has 0 saturated heterocycles. The molecular formula is C16H33NaO2. The Balaban J connectivity index is 2.99. The van der Waals surface area contributed by atoms with Crippen molar-refractivity contribution in [1.82, 2.24) is 0 Å². The molecule has 0 radical (unpaired) electrons. The van der Waals surface area contributed by atoms with Crippen molar-refractivity contribution in [3.8, 4) is 0 Å². The molecule has 0 aromatic carbocycles. The summed E-state index contributed by atoms with van der Waals surface area (Å²) < 4.78 is -1.32. The van der Waals surface area contributed by atoms with Crippen molar-refractivity contribution < 1.29 is 10.2 Å². The molecule has 0 aromatic rings. The molecule has 0 heterocycles. The molecule has 0 aliphatic heterocycles. The van der Waals surface area contributed by atoms with Gasteiger partial charge in [-0.15, -0.1) is 0 Å². The summed E-state index contributed by atoms with van der Waals surface area (Å²) in [6.45, 7) is 2.27. The van der Waals surface area contributed by atoms with Crippen LogP contribution in [0.15, 0.2) is 0 Å². The molecule has 19 heavy (non-hydrogen) atoms. The second-order valence-corrected chi connectivity index (χ2v) is 7.81. The van der Waals surface area contributed by atoms with E-state index in [9.17, 15) is 10.2 Å². The summed E-state index contributed by atoms with van der Waals surface area (Å²) in [5.74, 6) is 0. The Bertz CT molecular complexity index is 178. The molecule has 0 aliphatic carbocycles. The summed E-state index contributed by atoms with van der Waals surface area (Å²) in [6.07, 6.45) is 17.9. The molecule has 0 spiro atoms. The van der Waals surface area contributed by atoms with E-state index in [2.05, 4.69) is 6.92 Å². The molecule has 0 bridgehead atoms. The average Bonchev–Trinajstić information content (AvgIpc) is 2.34. The monoisotopic (exact) mass is 280 g/mol. The first kappa shape index (κ1) is 19.9. The quantitative estimate of drug-likeness (QED) is 0.283. The van der Waals surface area contributed by atoms with Crippen molar-refractivity contribution in [3.05, 3.63) is 0 Å². The fourth-order valence-electron chi connectivity index (χ4n) is 2.48. The van der Waals surface area contributed by atoms with Crippen molar-refractivity contribution in [2.75, 3.05) is 0 Å². The number of aliphatic hydroxyl groups is 2. The first-order valence-corrected chi connectivity index (χ1v) is 9.51. The van der Waals surface area contributed by atoms with E-state index < -0.39 is 3.04 Å². The van der Waals surface area contributed by atoms with Gasteiger partial charge in [-0.25, -0.2) is 0 Å². The third kappa shape index (κ3) is 18.9. The van der Waals surface area contributed by atoms with E-state index in [1.54, 1.807) is 0 Å². The maximum atomic E-state index is 9.21. The van der Waals surface area contributed by atoms with E-state index in [0.717, 1.165) is 12.8 Å². The van der Waals surface area contributed by atoms with Crippen molar-refractivity contribution in [3.63, 3.8) is 0 Å². The Morgan fingerprint density at radius 1 is 0.632 bits per heavy atom. The van der Waals surface area contributed by atoms with Gasteiger partial charge in [-0.3, -0.25) is 0 Å². The summed E-state index contributed by atoms with van der Waals surface area (Å²) in [7, 11) is 0. The average molecular weight is 280 g/mol. The summed E-state index contributed by atoms with van der Waals surface area (Å²) >= 11 is 0.460. The van der Waals surface area contributed by atoms with Gasteiger partial charge in [0.25, 0.3) is 0 Å². The van der Waals surface area contributed by atoms with Crippen LogP contribution in [0, 0.1) is 0 Å². The van der Waals surface area contributed by atoms with E-state index in [4.69, 9.17) is 0 Å². The second kappa shape index (κ2) is 13.9. The molecule has 0 fully saturated rings. The number of hydrogen-bond donors (Lipinski definition) is 2. The predicted octanol–water partition coefficient (Wildman–Crippen LogP) is 4.27. The SMILES string of the molecule is CCCCCCCCCCCCCCC[C](O)(O)[Na]. The van der Waals surface area contributed by atoms with Gasteiger partial charge in [0.1, 0.15) is 0 Å². The standard InChI is InChI=1S/C16H33O2.Na/c1-2-3-4-5-6-7-8-9-10-11-12-13-14-15-16(17)18;/h17-18H,2-15H2,1H3;. The summed E-state index contributed by atoms with van der Waals surface area (Å²) in [5, 5.41) is 18.4. The summed E-state index contributed by atoms with van der Waals surface area (Å²) in [4.78, 5) is 0. The number of hydrogen-bond acceptors (Lipinski definition) is 2. The molecule has 3 heteroatoms. The fourth-order valence-corrected chi connectivity index (χ4v) is 2.83. The van der Waals surface area contributed by atoms with Crippen molar-refractivity contribution in [1.29, 1.82) is 0 Å². The van der Waals surface area contributed by atoms with Crippen LogP contribution in [0.2, 0.25) is 0 Å². The van der Waals surface area contributed by atoms with Gasteiger partial charge >= 0.3 is 112 Å². The van der Waals surface area contributed by atoms with Gasteiger partial charge in [0.2, 0.25) is 0 Å². The zero-order chi connectivity index (χ0) is 14.4. The Morgan fingerprint density at radius 3 is 1.26 bits per heavy atom. The zero-order valence-electron chi connectivity index (χ0n) is 13.3. The Hall–Kier alpha value is 0.920. The van der Waals surface area contributed by atoms with Crippen LogP contribution in [-0.4, -0.2) is 41.2 Å². The first-order chi connectivity index (χ1) is 9.06. The van der Waals surface area contributed by atoms with Crippen LogP contribution in [-0.2, 0) is 0 Å². The molecule has 0 atom stereocenters. The normalized spacial score (nSPS) is 12.1. The first-order valence-electron chi connectivity index (χ1n) is 8.51. The van der Waals surface area contributed by atoms with Crippen molar-refractivity contribution in [2.24, 2.45) is 0 Å². The van der Waals surface area contributed by atoms with Crippen molar-refractivity contribution >= 4 is 27.9 Å². The van der Waals surface area contributed by atoms with Gasteiger partial charge in [0.15, 0.2) is 0 Å². The van der Waals surface area contributed by atoms with Gasteiger partial charge in [0.05, 0.1) is 0 Å². The summed E-state index contributed by atoms with van der Waals surface area (Å²) in [5.41, 5.74) is 0. The molecule has 0 saturated carbocycles. The third-order valence-corrected chi connectivity index (χ3v) is 4.25. The topological polar surface area (TPSA) is 40.5 Å². The second-order valence-electron chi connectivity index (χ2n) is 6.21. The number of unbranched alkanes of at least 4 members (excludes halogenated alkanes) is 12. The van der Waals surface area contributed by atoms with Crippen LogP contribution in [0.1, 0.15) is 96.8 Å². The Kier molecular flexibility index (Phi) is 14.6. The third-order valence-electron chi connectivity index (χ3n) is 3.75. The van der Waals surface area contributed by atoms with Crippen LogP contribution in [0.25, 0.3) is 0 Å². The van der Waals surface area contributed by atoms with E-state index >= 15 is 0 Å². The minimum absolute atomic E-state index is 0.460. The van der Waals surface area contributed by atoms with E-state index in [1.165, 1.54) is 70.6 Å². The van der Waals surface area contributed by atoms with Crippen LogP contribution in [0.4, 0.5) is 0 Å². The Labute approximate surface area is 137 Å². The molecule has 0 aliphatic rings. The minimum atomic E-state index is -1.32. The van der Waals surface area contributed by atoms with Crippen LogP contribution in [0.5, 0.6) is 0 Å².